The molecule has 0 bridgehead atoms. The summed E-state index contributed by atoms with van der Waals surface area (Å²) in [5.74, 6) is -2.18. The van der Waals surface area contributed by atoms with Crippen molar-refractivity contribution in [3.8, 4) is 0 Å². The highest BCUT2D eigenvalue weighted by atomic mass is 19.2. The average molecular weight is 237 g/mol. The van der Waals surface area contributed by atoms with Crippen LogP contribution in [0.2, 0.25) is 0 Å². The number of benzene rings is 1. The molecule has 0 unspecified atom stereocenters. The zero-order valence-corrected chi connectivity index (χ0v) is 9.38. The molecular weight excluding hydrogens is 224 g/mol. The largest absolute Gasteiger partial charge is 0.338 e. The molecule has 2 rings (SSSR count). The summed E-state index contributed by atoms with van der Waals surface area (Å²) in [7, 11) is 0. The maximum atomic E-state index is 13.0. The van der Waals surface area contributed by atoms with Crippen molar-refractivity contribution in [3.63, 3.8) is 0 Å². The van der Waals surface area contributed by atoms with Gasteiger partial charge < -0.3 is 4.90 Å². The minimum atomic E-state index is -0.989. The number of halogens is 2. The molecule has 0 spiro atoms. The first-order valence-electron chi connectivity index (χ1n) is 5.49. The highest BCUT2D eigenvalue weighted by Crippen LogP contribution is 2.17. The van der Waals surface area contributed by atoms with E-state index in [0.29, 0.717) is 13.1 Å². The summed E-state index contributed by atoms with van der Waals surface area (Å²) in [5.41, 5.74) is 1.32. The van der Waals surface area contributed by atoms with Gasteiger partial charge in [-0.2, -0.15) is 0 Å². The number of amides is 1. The van der Waals surface area contributed by atoms with Gasteiger partial charge in [0.15, 0.2) is 11.6 Å². The fraction of sp³-hybridized carbons (Fsp3) is 0.308. The number of hydrogen-bond donors (Lipinski definition) is 0. The lowest BCUT2D eigenvalue weighted by molar-refractivity contribution is 0.0743. The summed E-state index contributed by atoms with van der Waals surface area (Å²) in [5, 5.41) is 0. The molecule has 0 radical (unpaired) electrons. The third kappa shape index (κ3) is 2.52. The van der Waals surface area contributed by atoms with Gasteiger partial charge in [-0.1, -0.05) is 12.2 Å². The van der Waals surface area contributed by atoms with E-state index in [9.17, 15) is 13.6 Å². The van der Waals surface area contributed by atoms with Gasteiger partial charge in [-0.15, -0.1) is 0 Å². The molecule has 1 saturated heterocycles. The Kier molecular flexibility index (Phi) is 3.22. The number of piperidine rings is 1. The smallest absolute Gasteiger partial charge is 0.253 e. The van der Waals surface area contributed by atoms with Crippen molar-refractivity contribution < 1.29 is 13.6 Å². The maximum absolute atomic E-state index is 13.0. The molecule has 17 heavy (non-hydrogen) atoms. The molecule has 0 N–H and O–H groups in total. The summed E-state index contributed by atoms with van der Waals surface area (Å²) in [6, 6.07) is 3.23. The third-order valence-corrected chi connectivity index (χ3v) is 2.92. The lowest BCUT2D eigenvalue weighted by atomic mass is 10.0. The van der Waals surface area contributed by atoms with Crippen LogP contribution in [0.1, 0.15) is 23.2 Å². The highest BCUT2D eigenvalue weighted by Gasteiger charge is 2.20. The first-order valence-corrected chi connectivity index (χ1v) is 5.49. The van der Waals surface area contributed by atoms with Crippen LogP contribution in [-0.4, -0.2) is 23.9 Å². The molecule has 90 valence electrons. The standard InChI is InChI=1S/C13H13F2NO/c1-9-4-6-16(7-5-9)13(17)10-2-3-11(14)12(15)8-10/h2-3,8H,1,4-7H2. The van der Waals surface area contributed by atoms with E-state index in [1.54, 1.807) is 4.90 Å². The molecule has 0 atom stereocenters. The number of nitrogens with zero attached hydrogens (tertiary/aromatic N) is 1. The summed E-state index contributed by atoms with van der Waals surface area (Å²) < 4.78 is 25.8. The van der Waals surface area contributed by atoms with E-state index in [0.717, 1.165) is 30.5 Å². The first-order chi connectivity index (χ1) is 8.08. The minimum absolute atomic E-state index is 0.191. The number of likely N-dealkylation sites (tertiary alicyclic amines) is 1. The second-order valence-corrected chi connectivity index (χ2v) is 4.17. The lowest BCUT2D eigenvalue weighted by Crippen LogP contribution is -2.36. The molecule has 1 heterocycles. The maximum Gasteiger partial charge on any atom is 0.253 e. The van der Waals surface area contributed by atoms with Crippen molar-refractivity contribution >= 4 is 5.91 Å². The van der Waals surface area contributed by atoms with Crippen LogP contribution in [-0.2, 0) is 0 Å². The molecule has 1 aliphatic heterocycles. The van der Waals surface area contributed by atoms with E-state index in [1.165, 1.54) is 6.07 Å². The van der Waals surface area contributed by atoms with Gasteiger partial charge >= 0.3 is 0 Å². The molecule has 0 saturated carbocycles. The van der Waals surface area contributed by atoms with Crippen LogP contribution in [0.3, 0.4) is 0 Å². The van der Waals surface area contributed by atoms with Gasteiger partial charge in [0.2, 0.25) is 0 Å². The molecule has 2 nitrogen and oxygen atoms in total. The Hall–Kier alpha value is -1.71. The molecule has 0 aliphatic carbocycles. The Morgan fingerprint density at radius 3 is 2.41 bits per heavy atom. The van der Waals surface area contributed by atoms with Crippen molar-refractivity contribution in [2.75, 3.05) is 13.1 Å². The fourth-order valence-corrected chi connectivity index (χ4v) is 1.84. The van der Waals surface area contributed by atoms with Gasteiger partial charge in [0.25, 0.3) is 5.91 Å². The Bertz CT molecular complexity index is 460. The van der Waals surface area contributed by atoms with Crippen molar-refractivity contribution in [1.82, 2.24) is 4.90 Å². The Morgan fingerprint density at radius 2 is 1.82 bits per heavy atom. The zero-order valence-electron chi connectivity index (χ0n) is 9.38. The molecular formula is C13H13F2NO. The predicted molar refractivity (Wildman–Crippen MR) is 60.6 cm³/mol. The van der Waals surface area contributed by atoms with Crippen molar-refractivity contribution in [3.05, 3.63) is 47.5 Å². The molecule has 1 fully saturated rings. The van der Waals surface area contributed by atoms with E-state index < -0.39 is 11.6 Å². The predicted octanol–water partition coefficient (Wildman–Crippen LogP) is 2.76. The van der Waals surface area contributed by atoms with Crippen molar-refractivity contribution in [1.29, 1.82) is 0 Å². The zero-order chi connectivity index (χ0) is 12.4. The van der Waals surface area contributed by atoms with Crippen LogP contribution < -0.4 is 0 Å². The van der Waals surface area contributed by atoms with E-state index in [4.69, 9.17) is 0 Å². The number of carbonyl (C=O) groups excluding carboxylic acids is 1. The van der Waals surface area contributed by atoms with E-state index in [-0.39, 0.29) is 11.5 Å². The summed E-state index contributed by atoms with van der Waals surface area (Å²) in [6.07, 6.45) is 1.55. The van der Waals surface area contributed by atoms with Gasteiger partial charge in [0.1, 0.15) is 0 Å². The average Bonchev–Trinajstić information content (AvgIpc) is 2.33. The van der Waals surface area contributed by atoms with Crippen LogP contribution in [0.5, 0.6) is 0 Å². The number of hydrogen-bond acceptors (Lipinski definition) is 1. The third-order valence-electron chi connectivity index (χ3n) is 2.92. The lowest BCUT2D eigenvalue weighted by Gasteiger charge is -2.28. The normalized spacial score (nSPS) is 16.1. The van der Waals surface area contributed by atoms with Crippen LogP contribution >= 0.6 is 0 Å². The Labute approximate surface area is 98.5 Å². The second-order valence-electron chi connectivity index (χ2n) is 4.17. The van der Waals surface area contributed by atoms with Gasteiger partial charge in [-0.3, -0.25) is 4.79 Å². The minimum Gasteiger partial charge on any atom is -0.338 e. The summed E-state index contributed by atoms with van der Waals surface area (Å²) >= 11 is 0. The van der Waals surface area contributed by atoms with E-state index in [2.05, 4.69) is 6.58 Å². The first kappa shape index (κ1) is 11.8. The molecule has 1 aromatic carbocycles. The SMILES string of the molecule is C=C1CCN(C(=O)c2ccc(F)c(F)c2)CC1. The molecule has 1 aromatic rings. The molecule has 4 heteroatoms. The topological polar surface area (TPSA) is 20.3 Å². The van der Waals surface area contributed by atoms with Gasteiger partial charge in [0.05, 0.1) is 0 Å². The second kappa shape index (κ2) is 4.65. The highest BCUT2D eigenvalue weighted by molar-refractivity contribution is 5.94. The Morgan fingerprint density at radius 1 is 1.18 bits per heavy atom. The summed E-state index contributed by atoms with van der Waals surface area (Å²) in [4.78, 5) is 13.6. The quantitative estimate of drug-likeness (QED) is 0.688. The molecule has 0 aromatic heterocycles. The van der Waals surface area contributed by atoms with Crippen LogP contribution in [0.15, 0.2) is 30.4 Å². The summed E-state index contributed by atoms with van der Waals surface area (Å²) in [6.45, 7) is 5.05. The fourth-order valence-electron chi connectivity index (χ4n) is 1.84. The number of carbonyl (C=O) groups is 1. The van der Waals surface area contributed by atoms with E-state index >= 15 is 0 Å². The molecule has 1 amide bonds. The van der Waals surface area contributed by atoms with E-state index in [1.807, 2.05) is 0 Å². The van der Waals surface area contributed by atoms with Gasteiger partial charge in [-0.25, -0.2) is 8.78 Å². The van der Waals surface area contributed by atoms with Crippen molar-refractivity contribution in [2.45, 2.75) is 12.8 Å². The molecule has 1 aliphatic rings. The monoisotopic (exact) mass is 237 g/mol. The van der Waals surface area contributed by atoms with Gasteiger partial charge in [0, 0.05) is 18.7 Å². The van der Waals surface area contributed by atoms with Gasteiger partial charge in [-0.05, 0) is 31.0 Å². The van der Waals surface area contributed by atoms with Crippen molar-refractivity contribution in [2.24, 2.45) is 0 Å². The van der Waals surface area contributed by atoms with Crippen LogP contribution in [0.25, 0.3) is 0 Å². The Balaban J connectivity index is 2.14. The van der Waals surface area contributed by atoms with Crippen LogP contribution in [0, 0.1) is 11.6 Å². The number of rotatable bonds is 1. The van der Waals surface area contributed by atoms with Crippen LogP contribution in [0.4, 0.5) is 8.78 Å².